The van der Waals surface area contributed by atoms with Gasteiger partial charge >= 0.3 is 5.97 Å². The van der Waals surface area contributed by atoms with E-state index in [1.165, 1.54) is 11.3 Å². The minimum absolute atomic E-state index is 0.0631. The van der Waals surface area contributed by atoms with Gasteiger partial charge in [-0.3, -0.25) is 9.59 Å². The number of carbonyl (C=O) groups is 2. The van der Waals surface area contributed by atoms with Crippen LogP contribution in [0.25, 0.3) is 10.2 Å². The summed E-state index contributed by atoms with van der Waals surface area (Å²) in [5, 5.41) is 12.5. The highest BCUT2D eigenvalue weighted by Crippen LogP contribution is 2.29. The second kappa shape index (κ2) is 8.18. The van der Waals surface area contributed by atoms with E-state index >= 15 is 0 Å². The van der Waals surface area contributed by atoms with Crippen molar-refractivity contribution in [2.24, 2.45) is 0 Å². The maximum atomic E-state index is 12.5. The van der Waals surface area contributed by atoms with Crippen LogP contribution in [0.4, 0.5) is 5.13 Å². The number of thiazole rings is 1. The zero-order chi connectivity index (χ0) is 19.4. The first-order valence-electron chi connectivity index (χ1n) is 8.47. The fourth-order valence-electron chi connectivity index (χ4n) is 2.87. The van der Waals surface area contributed by atoms with Crippen molar-refractivity contribution >= 4 is 38.6 Å². The van der Waals surface area contributed by atoms with Gasteiger partial charge in [-0.15, -0.1) is 0 Å². The minimum atomic E-state index is -0.945. The van der Waals surface area contributed by atoms with Crippen LogP contribution in [0, 0.1) is 6.92 Å². The summed E-state index contributed by atoms with van der Waals surface area (Å²) in [5.74, 6) is -0.945. The zero-order valence-electron chi connectivity index (χ0n) is 15.1. The van der Waals surface area contributed by atoms with E-state index in [1.807, 2.05) is 25.1 Å². The normalized spacial score (nSPS) is 11.9. The molecule has 1 unspecified atom stereocenters. The van der Waals surface area contributed by atoms with E-state index in [9.17, 15) is 14.7 Å². The fraction of sp³-hybridized carbons (Fsp3) is 0.250. The molecule has 0 aliphatic carbocycles. The van der Waals surface area contributed by atoms with Crippen molar-refractivity contribution in [3.05, 3.63) is 53.6 Å². The van der Waals surface area contributed by atoms with E-state index in [4.69, 9.17) is 4.74 Å². The average molecular weight is 384 g/mol. The molecule has 27 heavy (non-hydrogen) atoms. The number of carboxylic acid groups (broad SMARTS) is 1. The standard InChI is InChI=1S/C20H20N2O4S/c1-12-3-8-16-17(9-12)27-20(21-16)22-18(23)10-14(11-19(24)25)13-4-6-15(26-2)7-5-13/h3-9,14H,10-11H2,1-2H3,(H,24,25)(H,21,22,23). The van der Waals surface area contributed by atoms with Crippen LogP contribution >= 0.6 is 11.3 Å². The van der Waals surface area contributed by atoms with Gasteiger partial charge in [0.05, 0.1) is 23.7 Å². The largest absolute Gasteiger partial charge is 0.497 e. The van der Waals surface area contributed by atoms with Gasteiger partial charge in [-0.05, 0) is 42.3 Å². The monoisotopic (exact) mass is 384 g/mol. The Bertz CT molecular complexity index is 966. The molecule has 3 aromatic rings. The van der Waals surface area contributed by atoms with Gasteiger partial charge in [-0.25, -0.2) is 4.98 Å². The van der Waals surface area contributed by atoms with Crippen molar-refractivity contribution < 1.29 is 19.4 Å². The molecule has 0 fully saturated rings. The lowest BCUT2D eigenvalue weighted by Crippen LogP contribution is -2.17. The summed E-state index contributed by atoms with van der Waals surface area (Å²) in [5.41, 5.74) is 2.75. The van der Waals surface area contributed by atoms with Gasteiger partial charge in [0, 0.05) is 12.3 Å². The number of hydrogen-bond acceptors (Lipinski definition) is 5. The number of ether oxygens (including phenoxy) is 1. The van der Waals surface area contributed by atoms with Gasteiger partial charge in [0.2, 0.25) is 5.91 Å². The van der Waals surface area contributed by atoms with Gasteiger partial charge < -0.3 is 15.2 Å². The molecule has 0 bridgehead atoms. The van der Waals surface area contributed by atoms with Crippen LogP contribution in [0.2, 0.25) is 0 Å². The Morgan fingerprint density at radius 2 is 1.93 bits per heavy atom. The Kier molecular flexibility index (Phi) is 5.71. The number of benzene rings is 2. The van der Waals surface area contributed by atoms with Gasteiger partial charge in [0.25, 0.3) is 0 Å². The van der Waals surface area contributed by atoms with Gasteiger partial charge in [0.15, 0.2) is 5.13 Å². The third-order valence-electron chi connectivity index (χ3n) is 4.23. The summed E-state index contributed by atoms with van der Waals surface area (Å²) in [6, 6.07) is 13.0. The molecule has 1 amide bonds. The first kappa shape index (κ1) is 18.8. The lowest BCUT2D eigenvalue weighted by molar-refractivity contribution is -0.137. The SMILES string of the molecule is COc1ccc(C(CC(=O)O)CC(=O)Nc2nc3ccc(C)cc3s2)cc1. The van der Waals surface area contributed by atoms with E-state index < -0.39 is 11.9 Å². The van der Waals surface area contributed by atoms with Crippen LogP contribution in [0.15, 0.2) is 42.5 Å². The highest BCUT2D eigenvalue weighted by atomic mass is 32.1. The molecule has 7 heteroatoms. The molecule has 140 valence electrons. The highest BCUT2D eigenvalue weighted by molar-refractivity contribution is 7.22. The summed E-state index contributed by atoms with van der Waals surface area (Å²) >= 11 is 1.41. The number of carboxylic acids is 1. The number of carbonyl (C=O) groups excluding carboxylic acids is 1. The highest BCUT2D eigenvalue weighted by Gasteiger charge is 2.20. The molecule has 6 nitrogen and oxygen atoms in total. The molecule has 0 saturated carbocycles. The average Bonchev–Trinajstić information content (AvgIpc) is 3.02. The molecule has 1 aromatic heterocycles. The number of fused-ring (bicyclic) bond motifs is 1. The number of anilines is 1. The predicted octanol–water partition coefficient (Wildman–Crippen LogP) is 4.20. The Morgan fingerprint density at radius 3 is 2.59 bits per heavy atom. The van der Waals surface area contributed by atoms with Crippen LogP contribution in [0.3, 0.4) is 0 Å². The van der Waals surface area contributed by atoms with Crippen LogP contribution in [-0.4, -0.2) is 29.1 Å². The number of nitrogens with zero attached hydrogens (tertiary/aromatic N) is 1. The Hall–Kier alpha value is -2.93. The second-order valence-electron chi connectivity index (χ2n) is 6.31. The van der Waals surface area contributed by atoms with Crippen LogP contribution in [0.1, 0.15) is 29.9 Å². The summed E-state index contributed by atoms with van der Waals surface area (Å²) in [6.45, 7) is 2.00. The van der Waals surface area contributed by atoms with E-state index in [2.05, 4.69) is 10.3 Å². The molecule has 0 saturated heterocycles. The van der Waals surface area contributed by atoms with Crippen molar-refractivity contribution in [1.82, 2.24) is 4.98 Å². The van der Waals surface area contributed by atoms with Gasteiger partial charge in [-0.1, -0.05) is 29.5 Å². The maximum Gasteiger partial charge on any atom is 0.303 e. The summed E-state index contributed by atoms with van der Waals surface area (Å²) in [7, 11) is 1.57. The Balaban J connectivity index is 1.73. The van der Waals surface area contributed by atoms with E-state index in [0.29, 0.717) is 10.9 Å². The van der Waals surface area contributed by atoms with Crippen molar-refractivity contribution in [3.63, 3.8) is 0 Å². The number of rotatable bonds is 7. The molecular weight excluding hydrogens is 364 g/mol. The molecule has 1 heterocycles. The predicted molar refractivity (Wildman–Crippen MR) is 106 cm³/mol. The Labute approximate surface area is 160 Å². The number of aromatic nitrogens is 1. The molecule has 0 aliphatic rings. The second-order valence-corrected chi connectivity index (χ2v) is 7.34. The van der Waals surface area contributed by atoms with E-state index in [-0.39, 0.29) is 18.7 Å². The summed E-state index contributed by atoms with van der Waals surface area (Å²) < 4.78 is 6.13. The van der Waals surface area contributed by atoms with E-state index in [1.54, 1.807) is 31.4 Å². The maximum absolute atomic E-state index is 12.5. The number of aryl methyl sites for hydroxylation is 1. The molecule has 2 N–H and O–H groups in total. The molecule has 0 aliphatic heterocycles. The Morgan fingerprint density at radius 1 is 1.19 bits per heavy atom. The minimum Gasteiger partial charge on any atom is -0.497 e. The quantitative estimate of drug-likeness (QED) is 0.637. The summed E-state index contributed by atoms with van der Waals surface area (Å²) in [4.78, 5) is 28.1. The molecule has 3 rings (SSSR count). The fourth-order valence-corrected chi connectivity index (χ4v) is 3.85. The first-order valence-corrected chi connectivity index (χ1v) is 9.29. The summed E-state index contributed by atoms with van der Waals surface area (Å²) in [6.07, 6.45) is -0.0631. The van der Waals surface area contributed by atoms with Crippen LogP contribution < -0.4 is 10.1 Å². The van der Waals surface area contributed by atoms with Crippen molar-refractivity contribution in [2.75, 3.05) is 12.4 Å². The number of nitrogens with one attached hydrogen (secondary N) is 1. The van der Waals surface area contributed by atoms with Gasteiger partial charge in [-0.2, -0.15) is 0 Å². The van der Waals surface area contributed by atoms with E-state index in [0.717, 1.165) is 21.3 Å². The lowest BCUT2D eigenvalue weighted by atomic mass is 9.92. The third kappa shape index (κ3) is 4.83. The number of methoxy groups -OCH3 is 1. The topological polar surface area (TPSA) is 88.5 Å². The molecule has 1 atom stereocenters. The lowest BCUT2D eigenvalue weighted by Gasteiger charge is -2.15. The third-order valence-corrected chi connectivity index (χ3v) is 5.16. The zero-order valence-corrected chi connectivity index (χ0v) is 15.9. The molecular formula is C20H20N2O4S. The van der Waals surface area contributed by atoms with Crippen LogP contribution in [-0.2, 0) is 9.59 Å². The number of hydrogen-bond donors (Lipinski definition) is 2. The molecule has 2 aromatic carbocycles. The first-order chi connectivity index (χ1) is 12.9. The van der Waals surface area contributed by atoms with Crippen molar-refractivity contribution in [1.29, 1.82) is 0 Å². The van der Waals surface area contributed by atoms with Crippen molar-refractivity contribution in [3.8, 4) is 5.75 Å². The van der Waals surface area contributed by atoms with Crippen LogP contribution in [0.5, 0.6) is 5.75 Å². The number of aliphatic carboxylic acids is 1. The molecule has 0 radical (unpaired) electrons. The van der Waals surface area contributed by atoms with Crippen molar-refractivity contribution in [2.45, 2.75) is 25.7 Å². The smallest absolute Gasteiger partial charge is 0.303 e. The number of amides is 1. The van der Waals surface area contributed by atoms with Gasteiger partial charge in [0.1, 0.15) is 5.75 Å². The molecule has 0 spiro atoms.